The Labute approximate surface area is 565 Å². The normalized spacial score (nSPS) is 13.4. The monoisotopic (exact) mass is 1460 g/mol. The Kier molecular flexibility index (Phi) is 27.0. The molecular weight excluding hydrogens is 1390 g/mol. The Hall–Kier alpha value is -8.01. The lowest BCUT2D eigenvalue weighted by atomic mass is 10.0. The van der Waals surface area contributed by atoms with E-state index in [1.54, 1.807) is 48.5 Å². The number of hydrogen-bond acceptors (Lipinski definition) is 14. The van der Waals surface area contributed by atoms with E-state index in [1.165, 1.54) is 48.5 Å². The maximum atomic E-state index is 13.5. The van der Waals surface area contributed by atoms with Gasteiger partial charge in [0, 0.05) is 0 Å². The van der Waals surface area contributed by atoms with Gasteiger partial charge in [0.1, 0.15) is 34.5 Å². The van der Waals surface area contributed by atoms with Crippen LogP contribution < -0.4 is 28.4 Å². The first-order valence-electron chi connectivity index (χ1n) is 31.0. The first-order valence-corrected chi connectivity index (χ1v) is 40.1. The third-order valence-electron chi connectivity index (χ3n) is 14.8. The zero-order valence-corrected chi connectivity index (χ0v) is 58.0. The second-order valence-corrected chi connectivity index (χ2v) is 37.1. The lowest BCUT2D eigenvalue weighted by Gasteiger charge is -2.39. The third kappa shape index (κ3) is 23.6. The molecule has 540 valence electrons. The zero-order valence-electron chi connectivity index (χ0n) is 55.0. The molecule has 0 heterocycles. The number of hydrogen-bond donors (Lipinski definition) is 0. The van der Waals surface area contributed by atoms with Crippen molar-refractivity contribution < 1.29 is 127 Å². The summed E-state index contributed by atoms with van der Waals surface area (Å²) in [7, 11) is -6.54. The van der Waals surface area contributed by atoms with Gasteiger partial charge < -0.3 is 46.1 Å². The summed E-state index contributed by atoms with van der Waals surface area (Å²) in [5.41, 5.74) is 3.81. The number of unbranched alkanes of at least 4 members (excludes halogenated alkanes) is 4. The van der Waals surface area contributed by atoms with E-state index in [0.29, 0.717) is 24.7 Å². The minimum atomic E-state index is -6.58. The molecular formula is C68H74F14O14Si3. The fourth-order valence-electron chi connectivity index (χ4n) is 9.74. The summed E-state index contributed by atoms with van der Waals surface area (Å²) in [4.78, 5) is 49.8. The lowest BCUT2D eigenvalue weighted by molar-refractivity contribution is -0.360. The minimum Gasteiger partial charge on any atom is -0.494 e. The Morgan fingerprint density at radius 3 is 0.929 bits per heavy atom. The summed E-state index contributed by atoms with van der Waals surface area (Å²) < 4.78 is 236. The van der Waals surface area contributed by atoms with Crippen molar-refractivity contribution in [2.75, 3.05) is 26.4 Å². The van der Waals surface area contributed by atoms with Crippen molar-refractivity contribution in [1.29, 1.82) is 0 Å². The van der Waals surface area contributed by atoms with Gasteiger partial charge in [-0.15, -0.1) is 0 Å². The number of esters is 4. The molecule has 0 spiro atoms. The van der Waals surface area contributed by atoms with Crippen LogP contribution in [0.1, 0.15) is 73.1 Å². The SMILES string of the molecule is C[C@@H](Oc1ccc(OC(=O)c2ccc(-c3ccc(OCCCCC[Si](C)(C)O[Si](C)(C)O[Si](C)(C)CCCCCOc4ccc(-c5ccc(C(=O)Oc6ccc(O[C@H](C)C(=O)OCC(F)(F)C(F)(F)C(F)(F)F)cc6)cc5)cc4)cc3)cc2)cc1)C(=O)OCC(F)(F)C(F)(F)C(F)(F)F. The molecule has 0 saturated heterocycles. The molecule has 6 aromatic carbocycles. The first-order chi connectivity index (χ1) is 46.0. The molecule has 6 aromatic rings. The first kappa shape index (κ1) is 80.0. The molecule has 0 unspecified atom stereocenters. The van der Waals surface area contributed by atoms with Crippen LogP contribution in [0.4, 0.5) is 61.5 Å². The largest absolute Gasteiger partial charge is 0.494 e. The van der Waals surface area contributed by atoms with Crippen molar-refractivity contribution >= 4 is 49.1 Å². The highest BCUT2D eigenvalue weighted by Gasteiger charge is 2.74. The van der Waals surface area contributed by atoms with Crippen molar-refractivity contribution in [3.05, 3.63) is 157 Å². The van der Waals surface area contributed by atoms with Gasteiger partial charge in [0.15, 0.2) is 42.1 Å². The van der Waals surface area contributed by atoms with E-state index >= 15 is 0 Å². The number of carbonyl (C=O) groups excluding carboxylic acids is 4. The fraction of sp³-hybridized carbons (Fsp3) is 0.412. The highest BCUT2D eigenvalue weighted by atomic mass is 28.5. The van der Waals surface area contributed by atoms with Crippen LogP contribution in [0.25, 0.3) is 22.3 Å². The molecule has 14 nitrogen and oxygen atoms in total. The molecule has 0 saturated carbocycles. The fourth-order valence-corrected chi connectivity index (χ4v) is 23.9. The second-order valence-electron chi connectivity index (χ2n) is 24.7. The van der Waals surface area contributed by atoms with Crippen LogP contribution in [-0.2, 0) is 27.3 Å². The van der Waals surface area contributed by atoms with E-state index in [2.05, 4.69) is 48.8 Å². The Balaban J connectivity index is 0.808. The molecule has 0 aromatic heterocycles. The number of benzene rings is 6. The van der Waals surface area contributed by atoms with Gasteiger partial charge in [0.05, 0.1) is 24.3 Å². The molecule has 0 N–H and O–H groups in total. The quantitative estimate of drug-likeness (QED) is 0.0120. The van der Waals surface area contributed by atoms with E-state index in [-0.39, 0.29) is 34.1 Å². The number of ether oxygens (including phenoxy) is 8. The highest BCUT2D eigenvalue weighted by molar-refractivity contribution is 6.87. The van der Waals surface area contributed by atoms with Gasteiger partial charge in [-0.05, 0) is 197 Å². The molecule has 0 radical (unpaired) electrons. The van der Waals surface area contributed by atoms with Crippen LogP contribution in [0.5, 0.6) is 34.5 Å². The zero-order chi connectivity index (χ0) is 73.4. The summed E-state index contributed by atoms with van der Waals surface area (Å²) in [6, 6.07) is 40.3. The van der Waals surface area contributed by atoms with Crippen LogP contribution in [0.3, 0.4) is 0 Å². The van der Waals surface area contributed by atoms with Gasteiger partial charge >= 0.3 is 68.5 Å². The average molecular weight is 1470 g/mol. The molecule has 0 amide bonds. The van der Waals surface area contributed by atoms with Crippen molar-refractivity contribution in [2.24, 2.45) is 0 Å². The number of halogens is 14. The van der Waals surface area contributed by atoms with E-state index in [0.717, 1.165) is 86.7 Å². The summed E-state index contributed by atoms with van der Waals surface area (Å²) >= 11 is 0. The number of alkyl halides is 14. The Morgan fingerprint density at radius 2 is 0.636 bits per heavy atom. The predicted octanol–water partition coefficient (Wildman–Crippen LogP) is 18.7. The van der Waals surface area contributed by atoms with Gasteiger partial charge in [-0.2, -0.15) is 61.5 Å². The Bertz CT molecular complexity index is 3360. The Morgan fingerprint density at radius 1 is 0.364 bits per heavy atom. The smallest absolute Gasteiger partial charge is 0.460 e. The van der Waals surface area contributed by atoms with Gasteiger partial charge in [-0.3, -0.25) is 0 Å². The molecule has 0 aliphatic rings. The van der Waals surface area contributed by atoms with E-state index < -0.39 is 111 Å². The lowest BCUT2D eigenvalue weighted by Crippen LogP contribution is -2.54. The van der Waals surface area contributed by atoms with Crippen LogP contribution in [-0.4, -0.2) is 124 Å². The van der Waals surface area contributed by atoms with E-state index in [9.17, 15) is 80.6 Å². The van der Waals surface area contributed by atoms with Crippen LogP contribution >= 0.6 is 0 Å². The third-order valence-corrected chi connectivity index (χ3v) is 26.3. The minimum absolute atomic E-state index is 0.0527. The van der Waals surface area contributed by atoms with E-state index in [1.807, 2.05) is 48.5 Å². The summed E-state index contributed by atoms with van der Waals surface area (Å²) in [6.07, 6.45) is -10.9. The van der Waals surface area contributed by atoms with Crippen molar-refractivity contribution in [3.8, 4) is 56.8 Å². The maximum Gasteiger partial charge on any atom is 0.460 e. The van der Waals surface area contributed by atoms with Gasteiger partial charge in [-0.25, -0.2) is 19.2 Å². The summed E-state index contributed by atoms with van der Waals surface area (Å²) in [5.74, 6) is -27.7. The van der Waals surface area contributed by atoms with Crippen LogP contribution in [0.15, 0.2) is 146 Å². The standard InChI is InChI=1S/C68H74F14O14Si3/c1-45(59(83)89-43-63(69,70)65(73,74)67(77,78)79)91-55-31-35-57(36-32-55)93-61(85)51-19-15-47(16-20-51)49-23-27-53(28-24-49)87-39-11-9-13-41-97(3,4)95-99(7,8)96-98(5,6)42-14-10-12-40-88-54-29-25-50(26-30-54)48-17-21-52(22-18-48)62(86)94-58-37-33-56(34-38-58)92-46(2)60(84)90-44-64(71,72)66(75,76)68(80,81)82/h15-38,45-46H,9-14,39-44H2,1-8H3/t45-,46-/m1/s1. The highest BCUT2D eigenvalue weighted by Crippen LogP contribution is 2.48. The average Bonchev–Trinajstić information content (AvgIpc) is 0.776. The number of rotatable bonds is 36. The molecule has 0 bridgehead atoms. The van der Waals surface area contributed by atoms with Crippen molar-refractivity contribution in [3.63, 3.8) is 0 Å². The second kappa shape index (κ2) is 33.4. The van der Waals surface area contributed by atoms with Crippen LogP contribution in [0.2, 0.25) is 51.4 Å². The maximum absolute atomic E-state index is 13.5. The van der Waals surface area contributed by atoms with Gasteiger partial charge in [-0.1, -0.05) is 74.2 Å². The van der Waals surface area contributed by atoms with Gasteiger partial charge in [0.25, 0.3) is 0 Å². The molecule has 0 aliphatic heterocycles. The summed E-state index contributed by atoms with van der Waals surface area (Å²) in [5, 5.41) is 0. The molecule has 2 atom stereocenters. The molecule has 6 rings (SSSR count). The molecule has 31 heteroatoms. The van der Waals surface area contributed by atoms with Gasteiger partial charge in [0.2, 0.25) is 0 Å². The van der Waals surface area contributed by atoms with Crippen molar-refractivity contribution in [2.45, 2.75) is 152 Å². The van der Waals surface area contributed by atoms with Crippen molar-refractivity contribution in [1.82, 2.24) is 0 Å². The molecule has 99 heavy (non-hydrogen) atoms. The van der Waals surface area contributed by atoms with Crippen LogP contribution in [0, 0.1) is 0 Å². The van der Waals surface area contributed by atoms with E-state index in [4.69, 9.17) is 36.7 Å². The molecule has 0 fully saturated rings. The predicted molar refractivity (Wildman–Crippen MR) is 343 cm³/mol. The topological polar surface area (TPSA) is 161 Å². The molecule has 0 aliphatic carbocycles. The number of carbonyl (C=O) groups is 4. The summed E-state index contributed by atoms with van der Waals surface area (Å²) in [6.45, 7) is 11.2.